The van der Waals surface area contributed by atoms with E-state index in [4.69, 9.17) is 4.74 Å². The highest BCUT2D eigenvalue weighted by molar-refractivity contribution is 5.94. The molecule has 2 unspecified atom stereocenters. The molecule has 0 radical (unpaired) electrons. The zero-order valence-corrected chi connectivity index (χ0v) is 13.8. The van der Waals surface area contributed by atoms with E-state index in [1.807, 2.05) is 29.2 Å². The van der Waals surface area contributed by atoms with Gasteiger partial charge in [-0.1, -0.05) is 12.1 Å². The number of carbonyl (C=O) groups excluding carboxylic acids is 2. The van der Waals surface area contributed by atoms with Gasteiger partial charge in [0.15, 0.2) is 0 Å². The van der Waals surface area contributed by atoms with E-state index in [-0.39, 0.29) is 18.3 Å². The normalized spacial score (nSPS) is 23.8. The van der Waals surface area contributed by atoms with Crippen molar-refractivity contribution >= 4 is 11.9 Å². The van der Waals surface area contributed by atoms with Crippen LogP contribution in [-0.2, 0) is 16.0 Å². The number of piperazine rings is 1. The maximum Gasteiger partial charge on any atom is 0.310 e. The van der Waals surface area contributed by atoms with Crippen molar-refractivity contribution < 1.29 is 14.3 Å². The maximum atomic E-state index is 12.7. The molecule has 2 atom stereocenters. The second-order valence-electron chi connectivity index (χ2n) is 6.44. The van der Waals surface area contributed by atoms with Gasteiger partial charge in [0, 0.05) is 30.7 Å². The molecule has 2 fully saturated rings. The number of ether oxygens (including phenoxy) is 1. The SMILES string of the molecule is CCOC(=O)Cc1ccc(C(=O)N2CC3CCC(C2)N3C)cc1. The Morgan fingerprint density at radius 2 is 1.74 bits per heavy atom. The van der Waals surface area contributed by atoms with Gasteiger partial charge < -0.3 is 9.64 Å². The van der Waals surface area contributed by atoms with Crippen molar-refractivity contribution in [2.45, 2.75) is 38.3 Å². The smallest absolute Gasteiger partial charge is 0.310 e. The topological polar surface area (TPSA) is 49.9 Å². The molecule has 2 bridgehead atoms. The summed E-state index contributed by atoms with van der Waals surface area (Å²) in [5.74, 6) is -0.139. The minimum absolute atomic E-state index is 0.0951. The number of rotatable bonds is 4. The Morgan fingerprint density at radius 1 is 1.13 bits per heavy atom. The number of likely N-dealkylation sites (tertiary alicyclic amines) is 1. The third kappa shape index (κ3) is 3.39. The Morgan fingerprint density at radius 3 is 2.30 bits per heavy atom. The summed E-state index contributed by atoms with van der Waals surface area (Å²) in [6, 6.07) is 8.32. The lowest BCUT2D eigenvalue weighted by Gasteiger charge is -2.38. The molecule has 2 heterocycles. The van der Waals surface area contributed by atoms with Gasteiger partial charge in [-0.25, -0.2) is 0 Å². The maximum absolute atomic E-state index is 12.7. The molecular weight excluding hydrogens is 292 g/mol. The van der Waals surface area contributed by atoms with Crippen LogP contribution >= 0.6 is 0 Å². The van der Waals surface area contributed by atoms with Gasteiger partial charge in [-0.3, -0.25) is 14.5 Å². The molecule has 0 aliphatic carbocycles. The average molecular weight is 316 g/mol. The van der Waals surface area contributed by atoms with Crippen molar-refractivity contribution in [2.24, 2.45) is 0 Å². The lowest BCUT2D eigenvalue weighted by atomic mass is 10.1. The van der Waals surface area contributed by atoms with Crippen LogP contribution in [0.5, 0.6) is 0 Å². The Balaban J connectivity index is 1.63. The van der Waals surface area contributed by atoms with E-state index in [2.05, 4.69) is 11.9 Å². The van der Waals surface area contributed by atoms with E-state index in [9.17, 15) is 9.59 Å². The fraction of sp³-hybridized carbons (Fsp3) is 0.556. The standard InChI is InChI=1S/C18H24N2O3/c1-3-23-17(21)10-13-4-6-14(7-5-13)18(22)20-11-15-8-9-16(12-20)19(15)2/h4-7,15-16H,3,8-12H2,1-2H3. The molecule has 0 spiro atoms. The highest BCUT2D eigenvalue weighted by Crippen LogP contribution is 2.29. The number of esters is 1. The number of carbonyl (C=O) groups is 2. The first-order valence-corrected chi connectivity index (χ1v) is 8.34. The van der Waals surface area contributed by atoms with Gasteiger partial charge in [0.25, 0.3) is 5.91 Å². The highest BCUT2D eigenvalue weighted by Gasteiger charge is 2.39. The molecular formula is C18H24N2O3. The molecule has 3 rings (SSSR count). The van der Waals surface area contributed by atoms with Crippen molar-refractivity contribution in [1.82, 2.24) is 9.80 Å². The van der Waals surface area contributed by atoms with Crippen LogP contribution in [0.25, 0.3) is 0 Å². The van der Waals surface area contributed by atoms with Gasteiger partial charge in [0.05, 0.1) is 13.0 Å². The van der Waals surface area contributed by atoms with E-state index in [1.165, 1.54) is 12.8 Å². The first kappa shape index (κ1) is 16.0. The Kier molecular flexibility index (Phi) is 4.66. The summed E-state index contributed by atoms with van der Waals surface area (Å²) in [5, 5.41) is 0. The Labute approximate surface area is 137 Å². The molecule has 2 aliphatic heterocycles. The first-order chi connectivity index (χ1) is 11.1. The molecule has 2 aliphatic rings. The summed E-state index contributed by atoms with van der Waals surface area (Å²) in [6.07, 6.45) is 2.62. The van der Waals surface area contributed by atoms with Crippen molar-refractivity contribution in [1.29, 1.82) is 0 Å². The zero-order chi connectivity index (χ0) is 16.4. The third-order valence-corrected chi connectivity index (χ3v) is 4.99. The molecule has 23 heavy (non-hydrogen) atoms. The fourth-order valence-corrected chi connectivity index (χ4v) is 3.61. The molecule has 2 saturated heterocycles. The van der Waals surface area contributed by atoms with Crippen molar-refractivity contribution in [3.8, 4) is 0 Å². The zero-order valence-electron chi connectivity index (χ0n) is 13.8. The van der Waals surface area contributed by atoms with Gasteiger partial charge in [-0.15, -0.1) is 0 Å². The average Bonchev–Trinajstić information content (AvgIpc) is 2.76. The van der Waals surface area contributed by atoms with E-state index in [0.29, 0.717) is 24.3 Å². The van der Waals surface area contributed by atoms with E-state index >= 15 is 0 Å². The second-order valence-corrected chi connectivity index (χ2v) is 6.44. The largest absolute Gasteiger partial charge is 0.466 e. The summed E-state index contributed by atoms with van der Waals surface area (Å²) in [5.41, 5.74) is 1.57. The minimum atomic E-state index is -0.234. The second kappa shape index (κ2) is 6.71. The van der Waals surface area contributed by atoms with Gasteiger partial charge in [-0.2, -0.15) is 0 Å². The lowest BCUT2D eigenvalue weighted by Crippen LogP contribution is -2.53. The van der Waals surface area contributed by atoms with E-state index < -0.39 is 0 Å². The van der Waals surface area contributed by atoms with E-state index in [0.717, 1.165) is 18.7 Å². The number of fused-ring (bicyclic) bond motifs is 2. The quantitative estimate of drug-likeness (QED) is 0.794. The molecule has 0 saturated carbocycles. The van der Waals surface area contributed by atoms with Crippen LogP contribution in [0.4, 0.5) is 0 Å². The Hall–Kier alpha value is -1.88. The van der Waals surface area contributed by atoms with Crippen LogP contribution in [0.3, 0.4) is 0 Å². The third-order valence-electron chi connectivity index (χ3n) is 4.99. The summed E-state index contributed by atoms with van der Waals surface area (Å²) in [7, 11) is 2.16. The molecule has 1 aromatic rings. The van der Waals surface area contributed by atoms with E-state index in [1.54, 1.807) is 6.92 Å². The number of likely N-dealkylation sites (N-methyl/N-ethyl adjacent to an activating group) is 1. The number of amides is 1. The van der Waals surface area contributed by atoms with Gasteiger partial charge in [0.1, 0.15) is 0 Å². The summed E-state index contributed by atoms with van der Waals surface area (Å²) in [4.78, 5) is 28.5. The highest BCUT2D eigenvalue weighted by atomic mass is 16.5. The molecule has 1 aromatic carbocycles. The summed E-state index contributed by atoms with van der Waals surface area (Å²) >= 11 is 0. The number of benzene rings is 1. The van der Waals surface area contributed by atoms with Crippen LogP contribution in [0.2, 0.25) is 0 Å². The number of hydrogen-bond acceptors (Lipinski definition) is 4. The van der Waals surface area contributed by atoms with Crippen LogP contribution in [0, 0.1) is 0 Å². The van der Waals surface area contributed by atoms with Gasteiger partial charge >= 0.3 is 5.97 Å². The Bertz CT molecular complexity index is 570. The van der Waals surface area contributed by atoms with Crippen LogP contribution in [0.15, 0.2) is 24.3 Å². The van der Waals surface area contributed by atoms with Crippen LogP contribution in [0.1, 0.15) is 35.7 Å². The van der Waals surface area contributed by atoms with Crippen LogP contribution in [-0.4, -0.2) is 60.5 Å². The molecule has 1 amide bonds. The molecule has 124 valence electrons. The predicted octanol–water partition coefficient (Wildman–Crippen LogP) is 1.71. The monoisotopic (exact) mass is 316 g/mol. The summed E-state index contributed by atoms with van der Waals surface area (Å²) < 4.78 is 4.94. The molecule has 5 heteroatoms. The van der Waals surface area contributed by atoms with Crippen molar-refractivity contribution in [3.05, 3.63) is 35.4 Å². The predicted molar refractivity (Wildman–Crippen MR) is 87.3 cm³/mol. The number of nitrogens with zero attached hydrogens (tertiary/aromatic N) is 2. The molecule has 0 aromatic heterocycles. The van der Waals surface area contributed by atoms with Gasteiger partial charge in [-0.05, 0) is 44.5 Å². The summed E-state index contributed by atoms with van der Waals surface area (Å²) in [6.45, 7) is 3.82. The minimum Gasteiger partial charge on any atom is -0.466 e. The van der Waals surface area contributed by atoms with Crippen LogP contribution < -0.4 is 0 Å². The van der Waals surface area contributed by atoms with Crippen molar-refractivity contribution in [3.63, 3.8) is 0 Å². The fourth-order valence-electron chi connectivity index (χ4n) is 3.61. The lowest BCUT2D eigenvalue weighted by molar-refractivity contribution is -0.142. The molecule has 0 N–H and O–H groups in total. The van der Waals surface area contributed by atoms with Gasteiger partial charge in [0.2, 0.25) is 0 Å². The molecule has 5 nitrogen and oxygen atoms in total. The number of hydrogen-bond donors (Lipinski definition) is 0. The first-order valence-electron chi connectivity index (χ1n) is 8.34. The van der Waals surface area contributed by atoms with Crippen molar-refractivity contribution in [2.75, 3.05) is 26.7 Å².